The third kappa shape index (κ3) is 4.18. The zero-order valence-electron chi connectivity index (χ0n) is 21.1. The normalized spacial score (nSPS) is 20.9. The minimum atomic E-state index is -0.965. The molecule has 0 saturated carbocycles. The molecule has 2 atom stereocenters. The molecule has 1 aromatic heterocycles. The molecule has 3 heterocycles. The Balaban J connectivity index is 1.56. The molecule has 2 aromatic carbocycles. The highest BCUT2D eigenvalue weighted by Gasteiger charge is 2.38. The van der Waals surface area contributed by atoms with Gasteiger partial charge in [0.05, 0.1) is 28.9 Å². The average Bonchev–Trinajstić information content (AvgIpc) is 3.31. The summed E-state index contributed by atoms with van der Waals surface area (Å²) < 4.78 is 29.3. The van der Waals surface area contributed by atoms with Gasteiger partial charge in [-0.2, -0.15) is 9.78 Å². The van der Waals surface area contributed by atoms with Crippen LogP contribution in [0.25, 0.3) is 5.69 Å². The topological polar surface area (TPSA) is 99.7 Å². The summed E-state index contributed by atoms with van der Waals surface area (Å²) in [6.45, 7) is 5.41. The van der Waals surface area contributed by atoms with Crippen LogP contribution in [0.1, 0.15) is 30.8 Å². The van der Waals surface area contributed by atoms with Crippen LogP contribution in [0, 0.1) is 11.6 Å². The van der Waals surface area contributed by atoms with E-state index in [9.17, 15) is 18.4 Å². The second-order valence-electron chi connectivity index (χ2n) is 10.0. The summed E-state index contributed by atoms with van der Waals surface area (Å²) in [6, 6.07) is 9.28. The van der Waals surface area contributed by atoms with Gasteiger partial charge < -0.3 is 25.8 Å². The minimum Gasteiger partial charge on any atom is -0.366 e. The summed E-state index contributed by atoms with van der Waals surface area (Å²) >= 11 is 0. The van der Waals surface area contributed by atoms with Crippen molar-refractivity contribution in [2.45, 2.75) is 32.0 Å². The van der Waals surface area contributed by atoms with Crippen molar-refractivity contribution in [2.75, 3.05) is 47.2 Å². The number of nitrogens with two attached hydrogens (primary N) is 1. The van der Waals surface area contributed by atoms with Gasteiger partial charge in [0.2, 0.25) is 0 Å². The molecule has 2 aliphatic rings. The molecule has 3 aromatic rings. The van der Waals surface area contributed by atoms with E-state index in [0.29, 0.717) is 23.5 Å². The lowest BCUT2D eigenvalue weighted by Crippen LogP contribution is -2.40. The number of carbonyl (C=O) groups is 1. The van der Waals surface area contributed by atoms with E-state index in [-0.39, 0.29) is 17.4 Å². The molecule has 0 spiro atoms. The predicted octanol–water partition coefficient (Wildman–Crippen LogP) is 2.92. The highest BCUT2D eigenvalue weighted by molar-refractivity contribution is 6.07. The van der Waals surface area contributed by atoms with Crippen LogP contribution in [0.15, 0.2) is 47.3 Å². The first-order valence-electron chi connectivity index (χ1n) is 12.0. The molecule has 2 unspecified atom stereocenters. The van der Waals surface area contributed by atoms with E-state index in [1.807, 2.05) is 33.2 Å². The fourth-order valence-electron chi connectivity index (χ4n) is 5.02. The molecule has 11 heteroatoms. The second-order valence-corrected chi connectivity index (χ2v) is 10.0. The number of aromatic nitrogens is 2. The van der Waals surface area contributed by atoms with Crippen molar-refractivity contribution >= 4 is 28.7 Å². The molecule has 1 saturated heterocycles. The summed E-state index contributed by atoms with van der Waals surface area (Å²) in [5.41, 5.74) is 7.87. The van der Waals surface area contributed by atoms with Crippen LogP contribution in [0.5, 0.6) is 0 Å². The van der Waals surface area contributed by atoms with Gasteiger partial charge in [-0.3, -0.25) is 9.59 Å². The molecule has 1 amide bonds. The van der Waals surface area contributed by atoms with Gasteiger partial charge >= 0.3 is 0 Å². The van der Waals surface area contributed by atoms with E-state index in [0.717, 1.165) is 41.7 Å². The second kappa shape index (κ2) is 8.84. The number of fused-ring (bicyclic) bond motifs is 1. The molecule has 5 rings (SSSR count). The number of amides is 1. The molecule has 9 nitrogen and oxygen atoms in total. The van der Waals surface area contributed by atoms with Crippen LogP contribution < -0.4 is 31.3 Å². The van der Waals surface area contributed by atoms with E-state index >= 15 is 0 Å². The number of rotatable bonds is 4. The number of halogens is 2. The number of nitrogens with one attached hydrogen (secondary N) is 1. The largest absolute Gasteiger partial charge is 0.366 e. The van der Waals surface area contributed by atoms with Crippen molar-refractivity contribution in [3.63, 3.8) is 0 Å². The SMILES string of the molecule is CC1N(C)c2ccc(NC(=O)c3ccc(=O)n(-c4c(F)cccc4F)n3)c(N3CCC(C)(N)C3)c2N1C. The lowest BCUT2D eigenvalue weighted by molar-refractivity contribution is 0.102. The summed E-state index contributed by atoms with van der Waals surface area (Å²) in [6.07, 6.45) is 0.896. The van der Waals surface area contributed by atoms with E-state index < -0.39 is 28.8 Å². The maximum atomic E-state index is 14.3. The van der Waals surface area contributed by atoms with E-state index in [1.165, 1.54) is 12.1 Å². The van der Waals surface area contributed by atoms with Crippen molar-refractivity contribution in [1.82, 2.24) is 9.78 Å². The average molecular weight is 510 g/mol. The maximum absolute atomic E-state index is 14.3. The number of para-hydroxylation sites is 1. The standard InChI is InChI=1S/C26H29F2N7O2/c1-15-32(3)20-10-8-18(23(24(20)33(15)4)34-13-12-26(2,29)14-34)30-25(37)19-9-11-21(36)35(31-19)22-16(27)6-5-7-17(22)28/h5-11,15H,12-14,29H2,1-4H3,(H,30,37). The van der Waals surface area contributed by atoms with Gasteiger partial charge in [-0.1, -0.05) is 6.07 Å². The van der Waals surface area contributed by atoms with Crippen LogP contribution in [0.2, 0.25) is 0 Å². The zero-order chi connectivity index (χ0) is 26.6. The monoisotopic (exact) mass is 509 g/mol. The van der Waals surface area contributed by atoms with E-state index in [1.54, 1.807) is 0 Å². The molecular formula is C26H29F2N7O2. The van der Waals surface area contributed by atoms with Gasteiger partial charge in [0, 0.05) is 38.8 Å². The van der Waals surface area contributed by atoms with Crippen LogP contribution >= 0.6 is 0 Å². The van der Waals surface area contributed by atoms with Gasteiger partial charge in [-0.05, 0) is 50.6 Å². The van der Waals surface area contributed by atoms with E-state index in [4.69, 9.17) is 5.73 Å². The van der Waals surface area contributed by atoms with Crippen molar-refractivity contribution in [3.05, 3.63) is 70.1 Å². The molecule has 2 aliphatic heterocycles. The lowest BCUT2D eigenvalue weighted by atomic mass is 10.0. The summed E-state index contributed by atoms with van der Waals surface area (Å²) in [5.74, 6) is -2.55. The highest BCUT2D eigenvalue weighted by atomic mass is 19.1. The van der Waals surface area contributed by atoms with Crippen LogP contribution in [0.4, 0.5) is 31.5 Å². The molecule has 37 heavy (non-hydrogen) atoms. The number of hydrogen-bond donors (Lipinski definition) is 2. The van der Waals surface area contributed by atoms with E-state index in [2.05, 4.69) is 32.0 Å². The molecule has 194 valence electrons. The van der Waals surface area contributed by atoms with Crippen LogP contribution in [0.3, 0.4) is 0 Å². The third-order valence-corrected chi connectivity index (χ3v) is 7.24. The fraction of sp³-hybridized carbons (Fsp3) is 0.346. The third-order valence-electron chi connectivity index (χ3n) is 7.24. The molecule has 1 fully saturated rings. The Morgan fingerprint density at radius 3 is 2.41 bits per heavy atom. The Morgan fingerprint density at radius 1 is 1.05 bits per heavy atom. The minimum absolute atomic E-state index is 0.104. The smallest absolute Gasteiger partial charge is 0.276 e. The lowest BCUT2D eigenvalue weighted by Gasteiger charge is -2.29. The Labute approximate surface area is 213 Å². The molecule has 3 N–H and O–H groups in total. The highest BCUT2D eigenvalue weighted by Crippen LogP contribution is 2.49. The maximum Gasteiger partial charge on any atom is 0.276 e. The van der Waals surface area contributed by atoms with Gasteiger partial charge in [0.15, 0.2) is 11.6 Å². The number of hydrogen-bond acceptors (Lipinski definition) is 7. The number of nitrogens with zero attached hydrogens (tertiary/aromatic N) is 5. The molecular weight excluding hydrogens is 480 g/mol. The van der Waals surface area contributed by atoms with Crippen molar-refractivity contribution in [1.29, 1.82) is 0 Å². The molecule has 0 aliphatic carbocycles. The molecule has 0 radical (unpaired) electrons. The van der Waals surface area contributed by atoms with Crippen molar-refractivity contribution < 1.29 is 13.6 Å². The quantitative estimate of drug-likeness (QED) is 0.558. The van der Waals surface area contributed by atoms with Crippen molar-refractivity contribution in [3.8, 4) is 5.69 Å². The van der Waals surface area contributed by atoms with Gasteiger partial charge in [0.1, 0.15) is 11.4 Å². The first-order chi connectivity index (χ1) is 17.5. The number of anilines is 4. The summed E-state index contributed by atoms with van der Waals surface area (Å²) in [4.78, 5) is 32.2. The van der Waals surface area contributed by atoms with Crippen molar-refractivity contribution in [2.24, 2.45) is 5.73 Å². The zero-order valence-corrected chi connectivity index (χ0v) is 21.1. The molecule has 0 bridgehead atoms. The van der Waals surface area contributed by atoms with Gasteiger partial charge in [0.25, 0.3) is 11.5 Å². The number of carbonyl (C=O) groups excluding carboxylic acids is 1. The number of benzene rings is 2. The first-order valence-corrected chi connectivity index (χ1v) is 12.0. The van der Waals surface area contributed by atoms with Crippen LogP contribution in [-0.2, 0) is 0 Å². The van der Waals surface area contributed by atoms with Gasteiger partial charge in [-0.15, -0.1) is 0 Å². The first kappa shape index (κ1) is 24.7. The Bertz CT molecular complexity index is 1440. The summed E-state index contributed by atoms with van der Waals surface area (Å²) in [5, 5.41) is 6.89. The predicted molar refractivity (Wildman–Crippen MR) is 140 cm³/mol. The van der Waals surface area contributed by atoms with Gasteiger partial charge in [-0.25, -0.2) is 8.78 Å². The Kier molecular flexibility index (Phi) is 5.90. The summed E-state index contributed by atoms with van der Waals surface area (Å²) in [7, 11) is 4.02. The van der Waals surface area contributed by atoms with Crippen LogP contribution in [-0.4, -0.2) is 54.6 Å². The fourth-order valence-corrected chi connectivity index (χ4v) is 5.02. The Morgan fingerprint density at radius 2 is 1.76 bits per heavy atom. The Hall–Kier alpha value is -3.99.